The molecule has 1 unspecified atom stereocenters. The van der Waals surface area contributed by atoms with E-state index in [1.165, 1.54) is 0 Å². The van der Waals surface area contributed by atoms with E-state index in [1.807, 2.05) is 11.6 Å². The van der Waals surface area contributed by atoms with Crippen LogP contribution in [0.15, 0.2) is 11.6 Å². The minimum absolute atomic E-state index is 0.360. The van der Waals surface area contributed by atoms with Gasteiger partial charge < -0.3 is 15.4 Å². The fraction of sp³-hybridized carbons (Fsp3) is 0.545. The number of fused-ring (bicyclic) bond motifs is 1. The fourth-order valence-corrected chi connectivity index (χ4v) is 3.01. The first-order chi connectivity index (χ1) is 8.31. The standard InChI is InChI=1S/C11H16N4OS/c1-8-7-16-4-2-14(8)10-9(6-12)15-3-5-17-11(15)13-10/h3,5,8H,2,4,6-7,12H2,1H3. The first kappa shape index (κ1) is 11.0. The van der Waals surface area contributed by atoms with E-state index in [0.29, 0.717) is 12.6 Å². The van der Waals surface area contributed by atoms with Gasteiger partial charge in [0.15, 0.2) is 10.8 Å². The number of thiazole rings is 1. The van der Waals surface area contributed by atoms with Gasteiger partial charge in [0.25, 0.3) is 0 Å². The topological polar surface area (TPSA) is 55.8 Å². The monoisotopic (exact) mass is 252 g/mol. The second kappa shape index (κ2) is 4.29. The van der Waals surface area contributed by atoms with Crippen LogP contribution in [0.1, 0.15) is 12.6 Å². The zero-order valence-corrected chi connectivity index (χ0v) is 10.6. The van der Waals surface area contributed by atoms with Crippen molar-refractivity contribution in [1.82, 2.24) is 9.38 Å². The van der Waals surface area contributed by atoms with Crippen molar-refractivity contribution in [2.75, 3.05) is 24.7 Å². The average Bonchev–Trinajstić information content (AvgIpc) is 2.89. The normalized spacial score (nSPS) is 21.3. The van der Waals surface area contributed by atoms with Crippen LogP contribution in [0.25, 0.3) is 4.96 Å². The Morgan fingerprint density at radius 3 is 3.29 bits per heavy atom. The van der Waals surface area contributed by atoms with E-state index < -0.39 is 0 Å². The summed E-state index contributed by atoms with van der Waals surface area (Å²) in [6.07, 6.45) is 2.03. The van der Waals surface area contributed by atoms with Crippen LogP contribution in [-0.2, 0) is 11.3 Å². The Morgan fingerprint density at radius 1 is 1.65 bits per heavy atom. The highest BCUT2D eigenvalue weighted by molar-refractivity contribution is 7.15. The molecule has 0 spiro atoms. The molecule has 17 heavy (non-hydrogen) atoms. The summed E-state index contributed by atoms with van der Waals surface area (Å²) in [5, 5.41) is 2.04. The van der Waals surface area contributed by atoms with Crippen LogP contribution in [0.2, 0.25) is 0 Å². The van der Waals surface area contributed by atoms with E-state index >= 15 is 0 Å². The van der Waals surface area contributed by atoms with Crippen LogP contribution < -0.4 is 10.6 Å². The van der Waals surface area contributed by atoms with Crippen molar-refractivity contribution >= 4 is 22.1 Å². The maximum absolute atomic E-state index is 5.86. The maximum Gasteiger partial charge on any atom is 0.195 e. The Hall–Kier alpha value is -1.11. The van der Waals surface area contributed by atoms with Crippen molar-refractivity contribution in [2.45, 2.75) is 19.5 Å². The molecule has 5 nitrogen and oxygen atoms in total. The molecule has 0 saturated carbocycles. The second-order valence-corrected chi connectivity index (χ2v) is 5.13. The summed E-state index contributed by atoms with van der Waals surface area (Å²) in [6, 6.07) is 0.360. The number of morpholine rings is 1. The summed E-state index contributed by atoms with van der Waals surface area (Å²) in [6.45, 7) is 5.08. The molecular formula is C11H16N4OS. The molecule has 0 aliphatic carbocycles. The molecule has 1 saturated heterocycles. The molecular weight excluding hydrogens is 236 g/mol. The lowest BCUT2D eigenvalue weighted by Gasteiger charge is -2.34. The molecule has 3 rings (SSSR count). The van der Waals surface area contributed by atoms with Crippen LogP contribution in [0.3, 0.4) is 0 Å². The van der Waals surface area contributed by atoms with Gasteiger partial charge in [0, 0.05) is 24.7 Å². The minimum Gasteiger partial charge on any atom is -0.377 e. The number of hydrogen-bond acceptors (Lipinski definition) is 5. The molecule has 1 aliphatic rings. The van der Waals surface area contributed by atoms with Crippen molar-refractivity contribution in [3.8, 4) is 0 Å². The Balaban J connectivity index is 2.05. The molecule has 0 radical (unpaired) electrons. The molecule has 6 heteroatoms. The van der Waals surface area contributed by atoms with Gasteiger partial charge in [0.1, 0.15) is 0 Å². The van der Waals surface area contributed by atoms with E-state index in [2.05, 4.69) is 21.2 Å². The lowest BCUT2D eigenvalue weighted by molar-refractivity contribution is 0.0985. The SMILES string of the molecule is CC1COCCN1c1nc2sccn2c1CN. The molecule has 0 aromatic carbocycles. The van der Waals surface area contributed by atoms with Crippen molar-refractivity contribution in [3.05, 3.63) is 17.3 Å². The summed E-state index contributed by atoms with van der Waals surface area (Å²) in [5.41, 5.74) is 6.95. The Labute approximate surface area is 104 Å². The molecule has 2 aromatic rings. The van der Waals surface area contributed by atoms with Crippen molar-refractivity contribution in [3.63, 3.8) is 0 Å². The van der Waals surface area contributed by atoms with Crippen molar-refractivity contribution in [2.24, 2.45) is 5.73 Å². The van der Waals surface area contributed by atoms with Gasteiger partial charge in [-0.15, -0.1) is 11.3 Å². The van der Waals surface area contributed by atoms with Gasteiger partial charge in [-0.2, -0.15) is 0 Å². The van der Waals surface area contributed by atoms with E-state index in [1.54, 1.807) is 11.3 Å². The number of rotatable bonds is 2. The van der Waals surface area contributed by atoms with Crippen LogP contribution in [0.5, 0.6) is 0 Å². The van der Waals surface area contributed by atoms with Crippen LogP contribution in [0.4, 0.5) is 5.82 Å². The predicted octanol–water partition coefficient (Wildman–Crippen LogP) is 1.08. The Bertz CT molecular complexity index is 520. The third kappa shape index (κ3) is 1.72. The molecule has 1 aliphatic heterocycles. The van der Waals surface area contributed by atoms with Gasteiger partial charge in [0.05, 0.1) is 24.9 Å². The predicted molar refractivity (Wildman–Crippen MR) is 68.6 cm³/mol. The molecule has 1 fully saturated rings. The maximum atomic E-state index is 5.86. The number of ether oxygens (including phenoxy) is 1. The molecule has 3 heterocycles. The number of imidazole rings is 1. The van der Waals surface area contributed by atoms with E-state index in [4.69, 9.17) is 10.5 Å². The fourth-order valence-electron chi connectivity index (χ4n) is 2.28. The lowest BCUT2D eigenvalue weighted by atomic mass is 10.2. The summed E-state index contributed by atoms with van der Waals surface area (Å²) < 4.78 is 7.54. The molecule has 2 N–H and O–H groups in total. The van der Waals surface area contributed by atoms with Crippen LogP contribution in [-0.4, -0.2) is 35.2 Å². The number of nitrogens with zero attached hydrogens (tertiary/aromatic N) is 3. The quantitative estimate of drug-likeness (QED) is 0.869. The number of nitrogens with two attached hydrogens (primary N) is 1. The van der Waals surface area contributed by atoms with Gasteiger partial charge in [0.2, 0.25) is 0 Å². The van der Waals surface area contributed by atoms with E-state index in [0.717, 1.165) is 36.2 Å². The van der Waals surface area contributed by atoms with Crippen LogP contribution >= 0.6 is 11.3 Å². The van der Waals surface area contributed by atoms with Gasteiger partial charge in [-0.05, 0) is 6.92 Å². The minimum atomic E-state index is 0.360. The molecule has 1 atom stereocenters. The smallest absolute Gasteiger partial charge is 0.195 e. The number of anilines is 1. The first-order valence-corrected chi connectivity index (χ1v) is 6.68. The molecule has 0 bridgehead atoms. The Morgan fingerprint density at radius 2 is 2.53 bits per heavy atom. The third-order valence-corrected chi connectivity index (χ3v) is 3.93. The largest absolute Gasteiger partial charge is 0.377 e. The number of aromatic nitrogens is 2. The van der Waals surface area contributed by atoms with Crippen molar-refractivity contribution in [1.29, 1.82) is 0 Å². The second-order valence-electron chi connectivity index (χ2n) is 4.26. The highest BCUT2D eigenvalue weighted by atomic mass is 32.1. The highest BCUT2D eigenvalue weighted by Gasteiger charge is 2.24. The lowest BCUT2D eigenvalue weighted by Crippen LogP contribution is -2.44. The molecule has 2 aromatic heterocycles. The first-order valence-electron chi connectivity index (χ1n) is 5.80. The van der Waals surface area contributed by atoms with Gasteiger partial charge in [-0.3, -0.25) is 4.40 Å². The highest BCUT2D eigenvalue weighted by Crippen LogP contribution is 2.26. The zero-order valence-electron chi connectivity index (χ0n) is 9.80. The van der Waals surface area contributed by atoms with E-state index in [9.17, 15) is 0 Å². The Kier molecular flexibility index (Phi) is 2.78. The average molecular weight is 252 g/mol. The summed E-state index contributed by atoms with van der Waals surface area (Å²) >= 11 is 1.64. The van der Waals surface area contributed by atoms with Gasteiger partial charge in [-0.1, -0.05) is 0 Å². The summed E-state index contributed by atoms with van der Waals surface area (Å²) in [5.74, 6) is 1.02. The third-order valence-electron chi connectivity index (χ3n) is 3.17. The molecule has 0 amide bonds. The van der Waals surface area contributed by atoms with Gasteiger partial charge >= 0.3 is 0 Å². The van der Waals surface area contributed by atoms with Crippen molar-refractivity contribution < 1.29 is 4.74 Å². The zero-order chi connectivity index (χ0) is 11.8. The van der Waals surface area contributed by atoms with Crippen LogP contribution in [0, 0.1) is 0 Å². The number of hydrogen-bond donors (Lipinski definition) is 1. The summed E-state index contributed by atoms with van der Waals surface area (Å²) in [7, 11) is 0. The summed E-state index contributed by atoms with van der Waals surface area (Å²) in [4.78, 5) is 8.00. The van der Waals surface area contributed by atoms with Gasteiger partial charge in [-0.25, -0.2) is 4.98 Å². The molecule has 92 valence electrons. The van der Waals surface area contributed by atoms with E-state index in [-0.39, 0.29) is 0 Å².